The Labute approximate surface area is 127 Å². The van der Waals surface area contributed by atoms with Crippen LogP contribution in [0.5, 0.6) is 5.75 Å². The first-order valence-electron chi connectivity index (χ1n) is 7.69. The van der Waals surface area contributed by atoms with E-state index < -0.39 is 0 Å². The lowest BCUT2D eigenvalue weighted by molar-refractivity contribution is 0.301. The van der Waals surface area contributed by atoms with Crippen molar-refractivity contribution < 1.29 is 9.15 Å². The Morgan fingerprint density at radius 3 is 2.57 bits per heavy atom. The highest BCUT2D eigenvalue weighted by molar-refractivity contribution is 5.29. The number of hydrogen-bond acceptors (Lipinski definition) is 3. The van der Waals surface area contributed by atoms with Gasteiger partial charge in [-0.15, -0.1) is 0 Å². The molecule has 3 heteroatoms. The second-order valence-corrected chi connectivity index (χ2v) is 5.56. The van der Waals surface area contributed by atoms with Crippen LogP contribution in [0, 0.1) is 0 Å². The van der Waals surface area contributed by atoms with Crippen molar-refractivity contribution in [2.75, 3.05) is 6.54 Å². The van der Waals surface area contributed by atoms with E-state index in [2.05, 4.69) is 38.2 Å². The van der Waals surface area contributed by atoms with Crippen LogP contribution >= 0.6 is 0 Å². The summed E-state index contributed by atoms with van der Waals surface area (Å²) in [6, 6.07) is 10.3. The van der Waals surface area contributed by atoms with Crippen LogP contribution in [-0.4, -0.2) is 6.54 Å². The molecule has 2 aromatic rings. The molecule has 0 saturated carbocycles. The van der Waals surface area contributed by atoms with E-state index in [1.165, 1.54) is 5.56 Å². The Hall–Kier alpha value is -1.74. The Morgan fingerprint density at radius 1 is 1.14 bits per heavy atom. The van der Waals surface area contributed by atoms with E-state index in [0.29, 0.717) is 12.5 Å². The quantitative estimate of drug-likeness (QED) is 0.727. The molecule has 1 aromatic carbocycles. The molecule has 0 unspecified atom stereocenters. The molecule has 0 amide bonds. The summed E-state index contributed by atoms with van der Waals surface area (Å²) >= 11 is 0. The molecule has 2 rings (SSSR count). The highest BCUT2D eigenvalue weighted by atomic mass is 16.5. The Kier molecular flexibility index (Phi) is 5.88. The summed E-state index contributed by atoms with van der Waals surface area (Å²) in [5.41, 5.74) is 2.43. The molecule has 3 nitrogen and oxygen atoms in total. The minimum atomic E-state index is 0.542. The number of furan rings is 1. The van der Waals surface area contributed by atoms with Crippen LogP contribution in [0.3, 0.4) is 0 Å². The average molecular weight is 287 g/mol. The molecule has 1 N–H and O–H groups in total. The maximum atomic E-state index is 5.84. The summed E-state index contributed by atoms with van der Waals surface area (Å²) in [6.07, 6.45) is 2.85. The molecular weight excluding hydrogens is 262 g/mol. The molecule has 0 spiro atoms. The first kappa shape index (κ1) is 15.6. The molecule has 0 radical (unpaired) electrons. The van der Waals surface area contributed by atoms with E-state index in [1.54, 1.807) is 6.26 Å². The summed E-state index contributed by atoms with van der Waals surface area (Å²) in [4.78, 5) is 0. The van der Waals surface area contributed by atoms with E-state index in [9.17, 15) is 0 Å². The van der Waals surface area contributed by atoms with Gasteiger partial charge in [0.2, 0.25) is 0 Å². The third kappa shape index (κ3) is 4.64. The number of hydrogen-bond donors (Lipinski definition) is 1. The number of ether oxygens (including phenoxy) is 1. The molecule has 0 atom stereocenters. The first-order chi connectivity index (χ1) is 10.2. The van der Waals surface area contributed by atoms with Crippen molar-refractivity contribution in [2.45, 2.75) is 46.3 Å². The van der Waals surface area contributed by atoms with Gasteiger partial charge in [0, 0.05) is 5.56 Å². The molecular formula is C18H25NO2. The maximum Gasteiger partial charge on any atom is 0.124 e. The number of nitrogens with one attached hydrogen (secondary N) is 1. The Morgan fingerprint density at radius 2 is 1.90 bits per heavy atom. The van der Waals surface area contributed by atoms with Crippen LogP contribution in [-0.2, 0) is 13.2 Å². The monoisotopic (exact) mass is 287 g/mol. The molecule has 0 aliphatic heterocycles. The fraction of sp³-hybridized carbons (Fsp3) is 0.444. The van der Waals surface area contributed by atoms with Crippen molar-refractivity contribution in [1.82, 2.24) is 5.32 Å². The van der Waals surface area contributed by atoms with Gasteiger partial charge in [-0.2, -0.15) is 0 Å². The van der Waals surface area contributed by atoms with Crippen molar-refractivity contribution in [1.29, 1.82) is 0 Å². The second kappa shape index (κ2) is 7.89. The van der Waals surface area contributed by atoms with Crippen LogP contribution in [0.25, 0.3) is 0 Å². The molecule has 0 aliphatic carbocycles. The summed E-state index contributed by atoms with van der Waals surface area (Å²) < 4.78 is 11.4. The van der Waals surface area contributed by atoms with E-state index in [4.69, 9.17) is 9.15 Å². The predicted octanol–water partition coefficient (Wildman–Crippen LogP) is 4.48. The fourth-order valence-corrected chi connectivity index (χ4v) is 2.14. The number of rotatable bonds is 8. The largest absolute Gasteiger partial charge is 0.489 e. The van der Waals surface area contributed by atoms with Gasteiger partial charge in [-0.1, -0.05) is 32.9 Å². The van der Waals surface area contributed by atoms with Crippen LogP contribution in [0.2, 0.25) is 0 Å². The average Bonchev–Trinajstić information content (AvgIpc) is 2.93. The molecule has 114 valence electrons. The van der Waals surface area contributed by atoms with Crippen LogP contribution in [0.1, 0.15) is 50.0 Å². The third-order valence-corrected chi connectivity index (χ3v) is 3.49. The minimum Gasteiger partial charge on any atom is -0.489 e. The fourth-order valence-electron chi connectivity index (χ4n) is 2.14. The molecule has 0 saturated heterocycles. The van der Waals surface area contributed by atoms with Crippen molar-refractivity contribution in [3.8, 4) is 5.75 Å². The van der Waals surface area contributed by atoms with Gasteiger partial charge in [-0.3, -0.25) is 0 Å². The Bertz CT molecular complexity index is 528. The zero-order valence-corrected chi connectivity index (χ0v) is 13.2. The van der Waals surface area contributed by atoms with E-state index in [-0.39, 0.29) is 0 Å². The molecule has 21 heavy (non-hydrogen) atoms. The number of benzene rings is 1. The van der Waals surface area contributed by atoms with Gasteiger partial charge in [0.1, 0.15) is 18.1 Å². The normalized spacial score (nSPS) is 11.0. The lowest BCUT2D eigenvalue weighted by Gasteiger charge is -2.09. The maximum absolute atomic E-state index is 5.84. The van der Waals surface area contributed by atoms with E-state index >= 15 is 0 Å². The lowest BCUT2D eigenvalue weighted by atomic mass is 10.0. The second-order valence-electron chi connectivity index (χ2n) is 5.56. The van der Waals surface area contributed by atoms with Crippen LogP contribution < -0.4 is 10.1 Å². The standard InChI is InChI=1S/C18H25NO2/c1-4-10-19-12-18-16(9-11-20-18)13-21-17-7-5-15(6-8-17)14(2)3/h5-9,11,14,19H,4,10,12-13H2,1-3H3. The zero-order chi connectivity index (χ0) is 15.1. The summed E-state index contributed by atoms with van der Waals surface area (Å²) in [5.74, 6) is 2.40. The first-order valence-corrected chi connectivity index (χ1v) is 7.69. The van der Waals surface area contributed by atoms with Gasteiger partial charge in [-0.25, -0.2) is 0 Å². The summed E-state index contributed by atoms with van der Waals surface area (Å²) in [7, 11) is 0. The molecule has 0 aliphatic rings. The van der Waals surface area contributed by atoms with Crippen LogP contribution in [0.15, 0.2) is 41.0 Å². The smallest absolute Gasteiger partial charge is 0.124 e. The van der Waals surface area contributed by atoms with Crippen molar-refractivity contribution in [3.05, 3.63) is 53.5 Å². The topological polar surface area (TPSA) is 34.4 Å². The highest BCUT2D eigenvalue weighted by Gasteiger charge is 2.07. The molecule has 1 heterocycles. The summed E-state index contributed by atoms with van der Waals surface area (Å²) in [5, 5.41) is 3.35. The molecule has 1 aromatic heterocycles. The van der Waals surface area contributed by atoms with Crippen molar-refractivity contribution in [3.63, 3.8) is 0 Å². The Balaban J connectivity index is 1.89. The zero-order valence-electron chi connectivity index (χ0n) is 13.2. The SMILES string of the molecule is CCCNCc1occc1COc1ccc(C(C)C)cc1. The van der Waals surface area contributed by atoms with Crippen LogP contribution in [0.4, 0.5) is 0 Å². The van der Waals surface area contributed by atoms with Gasteiger partial charge in [0.25, 0.3) is 0 Å². The summed E-state index contributed by atoms with van der Waals surface area (Å²) in [6.45, 7) is 8.83. The van der Waals surface area contributed by atoms with Gasteiger partial charge in [0.05, 0.1) is 12.8 Å². The van der Waals surface area contributed by atoms with Gasteiger partial charge in [-0.05, 0) is 42.6 Å². The molecule has 0 fully saturated rings. The molecule has 0 bridgehead atoms. The van der Waals surface area contributed by atoms with Crippen molar-refractivity contribution >= 4 is 0 Å². The third-order valence-electron chi connectivity index (χ3n) is 3.49. The van der Waals surface area contributed by atoms with Gasteiger partial charge in [0.15, 0.2) is 0 Å². The lowest BCUT2D eigenvalue weighted by Crippen LogP contribution is -2.14. The van der Waals surface area contributed by atoms with Crippen molar-refractivity contribution in [2.24, 2.45) is 0 Å². The minimum absolute atomic E-state index is 0.542. The highest BCUT2D eigenvalue weighted by Crippen LogP contribution is 2.20. The predicted molar refractivity (Wildman–Crippen MR) is 85.6 cm³/mol. The van der Waals surface area contributed by atoms with Gasteiger partial charge >= 0.3 is 0 Å². The van der Waals surface area contributed by atoms with E-state index in [1.807, 2.05) is 18.2 Å². The van der Waals surface area contributed by atoms with E-state index in [0.717, 1.165) is 36.6 Å². The van der Waals surface area contributed by atoms with Gasteiger partial charge < -0.3 is 14.5 Å².